The van der Waals surface area contributed by atoms with Crippen LogP contribution in [0.15, 0.2) is 24.5 Å². The second-order valence-corrected chi connectivity index (χ2v) is 5.10. The number of amides is 2. The third kappa shape index (κ3) is 3.69. The summed E-state index contributed by atoms with van der Waals surface area (Å²) >= 11 is 0. The highest BCUT2D eigenvalue weighted by Gasteiger charge is 2.41. The van der Waals surface area contributed by atoms with Crippen LogP contribution >= 0.6 is 0 Å². The number of pyridine rings is 1. The first-order valence-electron chi connectivity index (χ1n) is 6.83. The van der Waals surface area contributed by atoms with E-state index in [2.05, 4.69) is 15.6 Å². The Bertz CT molecular complexity index is 500. The van der Waals surface area contributed by atoms with Gasteiger partial charge in [-0.05, 0) is 24.6 Å². The van der Waals surface area contributed by atoms with Gasteiger partial charge < -0.3 is 20.5 Å². The molecule has 1 unspecified atom stereocenters. The summed E-state index contributed by atoms with van der Waals surface area (Å²) < 4.78 is 5.16. The van der Waals surface area contributed by atoms with Gasteiger partial charge in [-0.15, -0.1) is 0 Å². The van der Waals surface area contributed by atoms with Gasteiger partial charge in [0.05, 0.1) is 6.04 Å². The number of carboxylic acids is 1. The van der Waals surface area contributed by atoms with Crippen molar-refractivity contribution in [3.05, 3.63) is 30.1 Å². The number of urea groups is 1. The monoisotopic (exact) mass is 293 g/mol. The summed E-state index contributed by atoms with van der Waals surface area (Å²) in [7, 11) is 0. The third-order valence-electron chi connectivity index (χ3n) is 3.66. The van der Waals surface area contributed by atoms with Gasteiger partial charge in [-0.2, -0.15) is 0 Å². The Hall–Kier alpha value is -2.15. The summed E-state index contributed by atoms with van der Waals surface area (Å²) in [6, 6.07) is 2.86. The van der Waals surface area contributed by atoms with Crippen LogP contribution in [0.25, 0.3) is 0 Å². The molecule has 0 saturated carbocycles. The van der Waals surface area contributed by atoms with Crippen LogP contribution in [-0.4, -0.2) is 40.8 Å². The first kappa shape index (κ1) is 15.2. The molecule has 1 aromatic heterocycles. The molecule has 2 rings (SSSR count). The van der Waals surface area contributed by atoms with Gasteiger partial charge >= 0.3 is 12.0 Å². The molecule has 21 heavy (non-hydrogen) atoms. The summed E-state index contributed by atoms with van der Waals surface area (Å²) in [4.78, 5) is 27.4. The van der Waals surface area contributed by atoms with Crippen molar-refractivity contribution in [1.82, 2.24) is 15.6 Å². The summed E-state index contributed by atoms with van der Waals surface area (Å²) in [6.45, 7) is 2.48. The highest BCUT2D eigenvalue weighted by atomic mass is 16.5. The number of nitrogens with one attached hydrogen (secondary N) is 2. The van der Waals surface area contributed by atoms with Crippen LogP contribution in [0.4, 0.5) is 4.79 Å². The van der Waals surface area contributed by atoms with Crippen LogP contribution in [0.5, 0.6) is 0 Å². The molecule has 3 N–H and O–H groups in total. The topological polar surface area (TPSA) is 101 Å². The summed E-state index contributed by atoms with van der Waals surface area (Å²) in [5.41, 5.74) is -0.350. The first-order chi connectivity index (χ1) is 10.0. The number of aliphatic carboxylic acids is 1. The Kier molecular flexibility index (Phi) is 4.74. The highest BCUT2D eigenvalue weighted by molar-refractivity contribution is 5.86. The minimum atomic E-state index is -1.25. The SMILES string of the molecule is CC(NC(=O)NC1(C(=O)O)CCOCC1)c1ccncc1. The maximum absolute atomic E-state index is 12.1. The van der Waals surface area contributed by atoms with Crippen molar-refractivity contribution in [3.63, 3.8) is 0 Å². The molecule has 1 saturated heterocycles. The zero-order chi connectivity index (χ0) is 15.3. The van der Waals surface area contributed by atoms with Crippen LogP contribution in [0.2, 0.25) is 0 Å². The number of ether oxygens (including phenoxy) is 1. The number of carbonyl (C=O) groups is 2. The lowest BCUT2D eigenvalue weighted by Gasteiger charge is -2.34. The lowest BCUT2D eigenvalue weighted by atomic mass is 9.90. The first-order valence-corrected chi connectivity index (χ1v) is 6.83. The zero-order valence-corrected chi connectivity index (χ0v) is 11.8. The van der Waals surface area contributed by atoms with Crippen molar-refractivity contribution < 1.29 is 19.4 Å². The number of hydrogen-bond acceptors (Lipinski definition) is 4. The van der Waals surface area contributed by atoms with E-state index in [4.69, 9.17) is 4.74 Å². The summed E-state index contributed by atoms with van der Waals surface area (Å²) in [6.07, 6.45) is 3.81. The fourth-order valence-corrected chi connectivity index (χ4v) is 2.30. The average Bonchev–Trinajstić information content (AvgIpc) is 2.48. The minimum absolute atomic E-state index is 0.237. The molecule has 7 heteroatoms. The van der Waals surface area contributed by atoms with Crippen molar-refractivity contribution in [1.29, 1.82) is 0 Å². The second kappa shape index (κ2) is 6.53. The molecular formula is C14H19N3O4. The van der Waals surface area contributed by atoms with Crippen LogP contribution in [0.3, 0.4) is 0 Å². The quantitative estimate of drug-likeness (QED) is 0.771. The largest absolute Gasteiger partial charge is 0.480 e. The maximum Gasteiger partial charge on any atom is 0.329 e. The Balaban J connectivity index is 1.98. The minimum Gasteiger partial charge on any atom is -0.480 e. The van der Waals surface area contributed by atoms with E-state index in [1.165, 1.54) is 0 Å². The van der Waals surface area contributed by atoms with Crippen LogP contribution in [0.1, 0.15) is 31.4 Å². The molecule has 1 aliphatic heterocycles. The van der Waals surface area contributed by atoms with E-state index >= 15 is 0 Å². The van der Waals surface area contributed by atoms with Gasteiger partial charge in [0, 0.05) is 38.4 Å². The summed E-state index contributed by atoms with van der Waals surface area (Å²) in [5, 5.41) is 14.7. The standard InChI is InChI=1S/C14H19N3O4/c1-10(11-2-6-15-7-3-11)16-13(20)17-14(12(18)19)4-8-21-9-5-14/h2-3,6-7,10H,4-5,8-9H2,1H3,(H,18,19)(H2,16,17,20). The molecule has 0 aliphatic carbocycles. The van der Waals surface area contributed by atoms with Gasteiger partial charge in [0.1, 0.15) is 5.54 Å². The van der Waals surface area contributed by atoms with Gasteiger partial charge in [0.25, 0.3) is 0 Å². The Labute approximate surface area is 122 Å². The van der Waals surface area contributed by atoms with E-state index in [1.54, 1.807) is 24.5 Å². The number of carboxylic acid groups (broad SMARTS) is 1. The number of carbonyl (C=O) groups excluding carboxylic acids is 1. The number of hydrogen-bond donors (Lipinski definition) is 3. The van der Waals surface area contributed by atoms with Crippen LogP contribution in [-0.2, 0) is 9.53 Å². The molecule has 1 fully saturated rings. The van der Waals surface area contributed by atoms with Gasteiger partial charge in [0.15, 0.2) is 0 Å². The fraction of sp³-hybridized carbons (Fsp3) is 0.500. The molecule has 0 spiro atoms. The van der Waals surface area contributed by atoms with E-state index in [0.29, 0.717) is 13.2 Å². The van der Waals surface area contributed by atoms with Crippen molar-refractivity contribution in [2.24, 2.45) is 0 Å². The molecule has 114 valence electrons. The number of rotatable bonds is 4. The van der Waals surface area contributed by atoms with Crippen LogP contribution in [0, 0.1) is 0 Å². The Morgan fingerprint density at radius 3 is 2.52 bits per heavy atom. The van der Waals surface area contributed by atoms with Crippen molar-refractivity contribution in [3.8, 4) is 0 Å². The molecule has 7 nitrogen and oxygen atoms in total. The molecule has 2 amide bonds. The fourth-order valence-electron chi connectivity index (χ4n) is 2.30. The van der Waals surface area contributed by atoms with E-state index < -0.39 is 17.5 Å². The van der Waals surface area contributed by atoms with Gasteiger partial charge in [-0.25, -0.2) is 9.59 Å². The highest BCUT2D eigenvalue weighted by Crippen LogP contribution is 2.21. The van der Waals surface area contributed by atoms with E-state index in [-0.39, 0.29) is 18.9 Å². The lowest BCUT2D eigenvalue weighted by molar-refractivity contribution is -0.148. The normalized spacial score (nSPS) is 18.5. The predicted octanol–water partition coefficient (Wildman–Crippen LogP) is 1.08. The van der Waals surface area contributed by atoms with Crippen LogP contribution < -0.4 is 10.6 Å². The average molecular weight is 293 g/mol. The second-order valence-electron chi connectivity index (χ2n) is 5.10. The van der Waals surface area contributed by atoms with Crippen molar-refractivity contribution in [2.45, 2.75) is 31.3 Å². The molecule has 1 aliphatic rings. The Morgan fingerprint density at radius 1 is 1.33 bits per heavy atom. The third-order valence-corrected chi connectivity index (χ3v) is 3.66. The molecule has 0 bridgehead atoms. The van der Waals surface area contributed by atoms with Crippen molar-refractivity contribution in [2.75, 3.05) is 13.2 Å². The summed E-state index contributed by atoms with van der Waals surface area (Å²) in [5.74, 6) is -1.03. The maximum atomic E-state index is 12.1. The van der Waals surface area contributed by atoms with E-state index in [0.717, 1.165) is 5.56 Å². The smallest absolute Gasteiger partial charge is 0.329 e. The zero-order valence-electron chi connectivity index (χ0n) is 11.8. The van der Waals surface area contributed by atoms with Crippen molar-refractivity contribution >= 4 is 12.0 Å². The van der Waals surface area contributed by atoms with Gasteiger partial charge in [0.2, 0.25) is 0 Å². The van der Waals surface area contributed by atoms with E-state index in [1.807, 2.05) is 6.92 Å². The molecule has 0 radical (unpaired) electrons. The molecule has 2 heterocycles. The van der Waals surface area contributed by atoms with Gasteiger partial charge in [-0.1, -0.05) is 0 Å². The molecule has 1 aromatic rings. The Morgan fingerprint density at radius 2 is 1.95 bits per heavy atom. The van der Waals surface area contributed by atoms with E-state index in [9.17, 15) is 14.7 Å². The van der Waals surface area contributed by atoms with Gasteiger partial charge in [-0.3, -0.25) is 4.98 Å². The molecule has 1 atom stereocenters. The molecular weight excluding hydrogens is 274 g/mol. The number of nitrogens with zero attached hydrogens (tertiary/aromatic N) is 1. The molecule has 0 aromatic carbocycles. The lowest BCUT2D eigenvalue weighted by Crippen LogP contribution is -2.59. The predicted molar refractivity (Wildman–Crippen MR) is 74.7 cm³/mol. The number of aromatic nitrogens is 1.